The first kappa shape index (κ1) is 50.7. The molecule has 6 heterocycles. The predicted octanol–water partition coefficient (Wildman–Crippen LogP) is 22.2. The lowest BCUT2D eigenvalue weighted by molar-refractivity contribution is 0.673. The van der Waals surface area contributed by atoms with Gasteiger partial charge in [-0.1, -0.05) is 206 Å². The second kappa shape index (κ2) is 19.6. The average molecular weight is 1190 g/mol. The fourth-order valence-corrected chi connectivity index (χ4v) is 17.6. The first-order chi connectivity index (χ1) is 45.1. The first-order valence-electron chi connectivity index (χ1n) is 31.2. The minimum atomic E-state index is -0.161. The molecule has 91 heavy (non-hydrogen) atoms. The molecule has 0 bridgehead atoms. The molecule has 18 aromatic rings. The molecule has 0 atom stereocenters. The zero-order valence-electron chi connectivity index (χ0n) is 49.0. The quantitative estimate of drug-likeness (QED) is 0.149. The van der Waals surface area contributed by atoms with Gasteiger partial charge in [0, 0.05) is 79.3 Å². The Morgan fingerprint density at radius 1 is 0.275 bits per heavy atom. The summed E-state index contributed by atoms with van der Waals surface area (Å²) in [5.41, 5.74) is 25.1. The third-order valence-electron chi connectivity index (χ3n) is 19.4. The van der Waals surface area contributed by atoms with Crippen molar-refractivity contribution in [2.75, 3.05) is 9.80 Å². The SMILES string of the molecule is c1ccc(-c2ccc3c(c2)N(c2cccc4sc5ccc(-c6ccccc6)cc5c24)c2cc(-n4c5ccccc5c5c6oc7ccccc7c6ccc54)cc4c2B3c2ccc(-c3ccccc3)cc2N4c2cccc3sc4ccc(-c5ccccc5)cc4c23)cc1. The van der Waals surface area contributed by atoms with E-state index in [4.69, 9.17) is 4.42 Å². The van der Waals surface area contributed by atoms with E-state index in [0.29, 0.717) is 0 Å². The van der Waals surface area contributed by atoms with Crippen LogP contribution in [0.4, 0.5) is 34.1 Å². The highest BCUT2D eigenvalue weighted by atomic mass is 32.1. The number of fused-ring (bicyclic) bond motifs is 17. The molecular weight excluding hydrogens is 1140 g/mol. The smallest absolute Gasteiger partial charge is 0.252 e. The van der Waals surface area contributed by atoms with Crippen molar-refractivity contribution in [3.05, 3.63) is 303 Å². The van der Waals surface area contributed by atoms with Gasteiger partial charge in [0.05, 0.1) is 33.5 Å². The van der Waals surface area contributed by atoms with E-state index >= 15 is 0 Å². The topological polar surface area (TPSA) is 24.6 Å². The summed E-state index contributed by atoms with van der Waals surface area (Å²) in [6, 6.07) is 113. The van der Waals surface area contributed by atoms with Gasteiger partial charge >= 0.3 is 0 Å². The lowest BCUT2D eigenvalue weighted by Gasteiger charge is -2.45. The molecular formula is C84H50BN3OS2. The lowest BCUT2D eigenvalue weighted by Crippen LogP contribution is -2.61. The standard InChI is InChI=1S/C84H50BN3OS2/c1-5-19-51(20-6-1)55-37-43-76-63(45-55)80-68(30-17-33-78(80)90-76)87-71-47-57(53-23-9-3-10-24-53)35-40-65(71)85-66-41-36-58(54-25-11-4-12-26-54)48-72(66)88(69-31-18-34-79-81(69)64-46-56(38-44-77(64)91-79)52-21-7-2-8-22-52)74-50-59(49-73(87)83(74)85)86-67-29-15-13-28-62(67)82-70(86)42-39-61-60-27-14-16-32-75(60)89-84(61)82/h1-50H. The third kappa shape index (κ3) is 7.57. The van der Waals surface area contributed by atoms with Crippen LogP contribution in [0.2, 0.25) is 0 Å². The molecule has 7 heteroatoms. The van der Waals surface area contributed by atoms with Crippen molar-refractivity contribution in [3.63, 3.8) is 0 Å². The van der Waals surface area contributed by atoms with Crippen LogP contribution in [0.5, 0.6) is 0 Å². The Labute approximate surface area is 532 Å². The van der Waals surface area contributed by atoms with E-state index < -0.39 is 0 Å². The normalized spacial score (nSPS) is 12.8. The van der Waals surface area contributed by atoms with Crippen LogP contribution in [0.3, 0.4) is 0 Å². The van der Waals surface area contributed by atoms with E-state index in [1.54, 1.807) is 0 Å². The number of thiophene rings is 2. The van der Waals surface area contributed by atoms with Crippen LogP contribution in [-0.2, 0) is 0 Å². The van der Waals surface area contributed by atoms with Crippen LogP contribution in [0, 0.1) is 0 Å². The van der Waals surface area contributed by atoms with Gasteiger partial charge in [-0.2, -0.15) is 0 Å². The second-order valence-electron chi connectivity index (χ2n) is 24.2. The Morgan fingerprint density at radius 3 is 1.26 bits per heavy atom. The molecule has 4 nitrogen and oxygen atoms in total. The molecule has 0 amide bonds. The van der Waals surface area contributed by atoms with Gasteiger partial charge in [0.15, 0.2) is 0 Å². The van der Waals surface area contributed by atoms with Crippen molar-refractivity contribution >= 4 is 164 Å². The summed E-state index contributed by atoms with van der Waals surface area (Å²) in [5, 5.41) is 9.44. The summed E-state index contributed by atoms with van der Waals surface area (Å²) in [7, 11) is 0. The van der Waals surface area contributed by atoms with Crippen LogP contribution in [0.1, 0.15) is 0 Å². The summed E-state index contributed by atoms with van der Waals surface area (Å²) in [5.74, 6) is 0. The predicted molar refractivity (Wildman–Crippen MR) is 390 cm³/mol. The fraction of sp³-hybridized carbons (Fsp3) is 0. The molecule has 2 aliphatic heterocycles. The molecule has 0 N–H and O–H groups in total. The highest BCUT2D eigenvalue weighted by Gasteiger charge is 2.45. The monoisotopic (exact) mass is 1190 g/mol. The number of aromatic nitrogens is 1. The maximum atomic E-state index is 6.99. The largest absolute Gasteiger partial charge is 0.455 e. The zero-order chi connectivity index (χ0) is 59.4. The second-order valence-corrected chi connectivity index (χ2v) is 26.4. The van der Waals surface area contributed by atoms with Crippen molar-refractivity contribution in [2.24, 2.45) is 0 Å². The third-order valence-corrected chi connectivity index (χ3v) is 21.6. The lowest BCUT2D eigenvalue weighted by atomic mass is 9.33. The number of furan rings is 1. The van der Waals surface area contributed by atoms with Crippen LogP contribution in [0.15, 0.2) is 308 Å². The van der Waals surface area contributed by atoms with E-state index in [9.17, 15) is 0 Å². The van der Waals surface area contributed by atoms with E-state index in [0.717, 1.165) is 94.7 Å². The highest BCUT2D eigenvalue weighted by molar-refractivity contribution is 7.26. The minimum Gasteiger partial charge on any atom is -0.455 e. The van der Waals surface area contributed by atoms with Gasteiger partial charge in [0.2, 0.25) is 0 Å². The highest BCUT2D eigenvalue weighted by Crippen LogP contribution is 2.53. The Bertz CT molecular complexity index is 5770. The van der Waals surface area contributed by atoms with Crippen molar-refractivity contribution < 1.29 is 4.42 Å². The molecule has 422 valence electrons. The molecule has 0 radical (unpaired) electrons. The Kier molecular flexibility index (Phi) is 11.0. The fourth-order valence-electron chi connectivity index (χ4n) is 15.4. The van der Waals surface area contributed by atoms with Crippen molar-refractivity contribution in [1.29, 1.82) is 0 Å². The molecule has 0 fully saturated rings. The molecule has 14 aromatic carbocycles. The maximum Gasteiger partial charge on any atom is 0.252 e. The van der Waals surface area contributed by atoms with Gasteiger partial charge in [-0.15, -0.1) is 22.7 Å². The van der Waals surface area contributed by atoms with E-state index in [-0.39, 0.29) is 6.71 Å². The van der Waals surface area contributed by atoms with E-state index in [2.05, 4.69) is 318 Å². The number of nitrogens with zero attached hydrogens (tertiary/aromatic N) is 3. The van der Waals surface area contributed by atoms with Crippen molar-refractivity contribution in [3.8, 4) is 50.2 Å². The summed E-state index contributed by atoms with van der Waals surface area (Å²) >= 11 is 3.75. The van der Waals surface area contributed by atoms with E-state index in [1.165, 1.54) is 90.1 Å². The Balaban J connectivity index is 0.951. The summed E-state index contributed by atoms with van der Waals surface area (Å²) in [6.45, 7) is -0.161. The van der Waals surface area contributed by atoms with Crippen LogP contribution >= 0.6 is 22.7 Å². The summed E-state index contributed by atoms with van der Waals surface area (Å²) in [6.07, 6.45) is 0. The van der Waals surface area contributed by atoms with Crippen LogP contribution in [-0.4, -0.2) is 11.3 Å². The summed E-state index contributed by atoms with van der Waals surface area (Å²) in [4.78, 5) is 5.31. The first-order valence-corrected chi connectivity index (χ1v) is 32.8. The molecule has 0 unspecified atom stereocenters. The van der Waals surface area contributed by atoms with Gasteiger partial charge in [0.1, 0.15) is 11.2 Å². The number of anilines is 6. The van der Waals surface area contributed by atoms with Crippen LogP contribution in [0.25, 0.3) is 134 Å². The summed E-state index contributed by atoms with van der Waals surface area (Å²) < 4.78 is 14.5. The van der Waals surface area contributed by atoms with Gasteiger partial charge in [-0.05, 0) is 158 Å². The van der Waals surface area contributed by atoms with Gasteiger partial charge < -0.3 is 18.8 Å². The Morgan fingerprint density at radius 2 is 0.736 bits per heavy atom. The molecule has 0 spiro atoms. The van der Waals surface area contributed by atoms with Crippen molar-refractivity contribution in [1.82, 2.24) is 4.57 Å². The number of hydrogen-bond acceptors (Lipinski definition) is 5. The van der Waals surface area contributed by atoms with Crippen LogP contribution < -0.4 is 26.2 Å². The number of hydrogen-bond donors (Lipinski definition) is 0. The molecule has 20 rings (SSSR count). The molecule has 2 aliphatic rings. The maximum absolute atomic E-state index is 6.99. The van der Waals surface area contributed by atoms with E-state index in [1.807, 2.05) is 22.7 Å². The molecule has 0 saturated carbocycles. The van der Waals surface area contributed by atoms with Gasteiger partial charge in [-0.3, -0.25) is 0 Å². The Hall–Kier alpha value is -11.2. The minimum absolute atomic E-state index is 0.161. The number of para-hydroxylation sites is 2. The van der Waals surface area contributed by atoms with Gasteiger partial charge in [-0.25, -0.2) is 0 Å². The molecule has 0 aliphatic carbocycles. The molecule has 4 aromatic heterocycles. The van der Waals surface area contributed by atoms with Gasteiger partial charge in [0.25, 0.3) is 6.71 Å². The number of rotatable bonds is 7. The zero-order valence-corrected chi connectivity index (χ0v) is 50.6. The van der Waals surface area contributed by atoms with Crippen molar-refractivity contribution in [2.45, 2.75) is 0 Å². The molecule has 0 saturated heterocycles. The number of benzene rings is 14. The average Bonchev–Trinajstić information content (AvgIpc) is 1.69.